The van der Waals surface area contributed by atoms with E-state index in [1.165, 1.54) is 16.9 Å². The number of ether oxygens (including phenoxy) is 1. The SMILES string of the molecule is CCOC(=O)c1c(NC(=O)C2CC2C(=O)O)sc2c1CCC(c1ccccc1)C2. The van der Waals surface area contributed by atoms with Crippen molar-refractivity contribution in [3.8, 4) is 0 Å². The molecule has 0 aliphatic heterocycles. The van der Waals surface area contributed by atoms with Gasteiger partial charge in [-0.2, -0.15) is 0 Å². The molecule has 0 bridgehead atoms. The number of hydrogen-bond donors (Lipinski definition) is 2. The van der Waals surface area contributed by atoms with Gasteiger partial charge >= 0.3 is 11.9 Å². The molecule has 0 radical (unpaired) electrons. The third kappa shape index (κ3) is 3.92. The minimum Gasteiger partial charge on any atom is -0.481 e. The van der Waals surface area contributed by atoms with Crippen molar-refractivity contribution in [2.45, 2.75) is 38.5 Å². The van der Waals surface area contributed by atoms with Crippen LogP contribution >= 0.6 is 11.3 Å². The maximum Gasteiger partial charge on any atom is 0.341 e. The average molecular weight is 413 g/mol. The summed E-state index contributed by atoms with van der Waals surface area (Å²) < 4.78 is 5.24. The number of aliphatic carboxylic acids is 1. The standard InChI is InChI=1S/C22H23NO5S/c1-2-28-22(27)18-14-9-8-13(12-6-4-3-5-7-12)10-17(14)29-20(18)23-19(24)15-11-16(15)21(25)26/h3-7,13,15-16H,2,8-11H2,1H3,(H,23,24)(H,25,26). The van der Waals surface area contributed by atoms with E-state index in [4.69, 9.17) is 9.84 Å². The summed E-state index contributed by atoms with van der Waals surface area (Å²) in [6.07, 6.45) is 2.83. The van der Waals surface area contributed by atoms with Crippen LogP contribution in [-0.4, -0.2) is 29.6 Å². The Labute approximate surface area is 172 Å². The Morgan fingerprint density at radius 3 is 2.62 bits per heavy atom. The van der Waals surface area contributed by atoms with Gasteiger partial charge in [0, 0.05) is 4.88 Å². The molecule has 7 heteroatoms. The van der Waals surface area contributed by atoms with E-state index < -0.39 is 23.8 Å². The van der Waals surface area contributed by atoms with Crippen molar-refractivity contribution in [1.29, 1.82) is 0 Å². The van der Waals surface area contributed by atoms with Crippen LogP contribution in [-0.2, 0) is 27.2 Å². The fraction of sp³-hybridized carbons (Fsp3) is 0.409. The molecule has 2 N–H and O–H groups in total. The molecule has 2 aromatic rings. The molecule has 1 saturated carbocycles. The number of thiophene rings is 1. The predicted molar refractivity (Wildman–Crippen MR) is 109 cm³/mol. The number of esters is 1. The maximum absolute atomic E-state index is 12.6. The third-order valence-corrected chi connectivity index (χ3v) is 6.87. The molecule has 29 heavy (non-hydrogen) atoms. The Balaban J connectivity index is 1.60. The Bertz CT molecular complexity index is 952. The summed E-state index contributed by atoms with van der Waals surface area (Å²) >= 11 is 1.42. The van der Waals surface area contributed by atoms with Crippen LogP contribution in [0.25, 0.3) is 0 Å². The second-order valence-corrected chi connectivity index (χ2v) is 8.66. The number of rotatable bonds is 6. The summed E-state index contributed by atoms with van der Waals surface area (Å²) in [6, 6.07) is 10.3. The van der Waals surface area contributed by atoms with Crippen LogP contribution in [0.5, 0.6) is 0 Å². The first-order valence-corrected chi connectivity index (χ1v) is 10.7. The Morgan fingerprint density at radius 2 is 1.97 bits per heavy atom. The van der Waals surface area contributed by atoms with Crippen LogP contribution in [0.15, 0.2) is 30.3 Å². The summed E-state index contributed by atoms with van der Waals surface area (Å²) in [5.41, 5.74) is 2.68. The highest BCUT2D eigenvalue weighted by atomic mass is 32.1. The van der Waals surface area contributed by atoms with Crippen LogP contribution < -0.4 is 5.32 Å². The molecular weight excluding hydrogens is 390 g/mol. The molecule has 1 amide bonds. The first-order chi connectivity index (χ1) is 14.0. The number of carbonyl (C=O) groups is 3. The molecule has 1 fully saturated rings. The average Bonchev–Trinajstić information content (AvgIpc) is 3.44. The van der Waals surface area contributed by atoms with Gasteiger partial charge in [-0.15, -0.1) is 11.3 Å². The van der Waals surface area contributed by atoms with E-state index >= 15 is 0 Å². The van der Waals surface area contributed by atoms with E-state index in [-0.39, 0.29) is 12.5 Å². The largest absolute Gasteiger partial charge is 0.481 e. The van der Waals surface area contributed by atoms with Gasteiger partial charge in [0.15, 0.2) is 0 Å². The van der Waals surface area contributed by atoms with E-state index in [2.05, 4.69) is 17.4 Å². The molecular formula is C22H23NO5S. The summed E-state index contributed by atoms with van der Waals surface area (Å²) in [5, 5.41) is 12.4. The van der Waals surface area contributed by atoms with Gasteiger partial charge in [0.25, 0.3) is 0 Å². The smallest absolute Gasteiger partial charge is 0.341 e. The van der Waals surface area contributed by atoms with Crippen molar-refractivity contribution in [3.63, 3.8) is 0 Å². The maximum atomic E-state index is 12.6. The molecule has 1 aromatic heterocycles. The first-order valence-electron chi connectivity index (χ1n) is 9.89. The molecule has 1 heterocycles. The van der Waals surface area contributed by atoms with Crippen molar-refractivity contribution >= 4 is 34.2 Å². The Morgan fingerprint density at radius 1 is 1.21 bits per heavy atom. The fourth-order valence-corrected chi connectivity index (χ4v) is 5.38. The van der Waals surface area contributed by atoms with Crippen LogP contribution in [0, 0.1) is 11.8 Å². The number of hydrogen-bond acceptors (Lipinski definition) is 5. The number of anilines is 1. The van der Waals surface area contributed by atoms with Crippen molar-refractivity contribution in [2.75, 3.05) is 11.9 Å². The summed E-state index contributed by atoms with van der Waals surface area (Å²) in [7, 11) is 0. The van der Waals surface area contributed by atoms with E-state index in [1.54, 1.807) is 6.92 Å². The first kappa shape index (κ1) is 19.6. The predicted octanol–water partition coefficient (Wildman–Crippen LogP) is 3.86. The van der Waals surface area contributed by atoms with Crippen molar-refractivity contribution in [2.24, 2.45) is 11.8 Å². The molecule has 0 saturated heterocycles. The van der Waals surface area contributed by atoms with E-state index in [9.17, 15) is 14.4 Å². The normalized spacial score (nSPS) is 22.4. The number of amides is 1. The summed E-state index contributed by atoms with van der Waals surface area (Å²) in [4.78, 5) is 37.3. The van der Waals surface area contributed by atoms with Crippen molar-refractivity contribution in [3.05, 3.63) is 51.9 Å². The second-order valence-electron chi connectivity index (χ2n) is 7.55. The number of benzene rings is 1. The van der Waals surface area contributed by atoms with Crippen LogP contribution in [0.4, 0.5) is 5.00 Å². The van der Waals surface area contributed by atoms with Crippen LogP contribution in [0.3, 0.4) is 0 Å². The number of carboxylic acid groups (broad SMARTS) is 1. The monoisotopic (exact) mass is 413 g/mol. The molecule has 152 valence electrons. The highest BCUT2D eigenvalue weighted by Gasteiger charge is 2.48. The minimum absolute atomic E-state index is 0.257. The highest BCUT2D eigenvalue weighted by Crippen LogP contribution is 2.44. The molecule has 4 rings (SSSR count). The van der Waals surface area contributed by atoms with Gasteiger partial charge in [-0.05, 0) is 49.7 Å². The molecule has 3 atom stereocenters. The van der Waals surface area contributed by atoms with Gasteiger partial charge in [-0.1, -0.05) is 30.3 Å². The third-order valence-electron chi connectivity index (χ3n) is 5.70. The van der Waals surface area contributed by atoms with Gasteiger partial charge in [-0.25, -0.2) is 4.79 Å². The lowest BCUT2D eigenvalue weighted by Crippen LogP contribution is -2.19. The zero-order valence-corrected chi connectivity index (χ0v) is 17.0. The van der Waals surface area contributed by atoms with Crippen molar-refractivity contribution in [1.82, 2.24) is 0 Å². The number of fused-ring (bicyclic) bond motifs is 1. The topological polar surface area (TPSA) is 92.7 Å². The van der Waals surface area contributed by atoms with E-state index in [0.717, 1.165) is 29.7 Å². The molecule has 6 nitrogen and oxygen atoms in total. The van der Waals surface area contributed by atoms with Gasteiger partial charge in [-0.3, -0.25) is 9.59 Å². The van der Waals surface area contributed by atoms with Gasteiger partial charge < -0.3 is 15.2 Å². The molecule has 1 aromatic carbocycles. The Kier molecular flexibility index (Phi) is 5.41. The zero-order valence-electron chi connectivity index (χ0n) is 16.1. The summed E-state index contributed by atoms with van der Waals surface area (Å²) in [5.74, 6) is -2.49. The van der Waals surface area contributed by atoms with E-state index in [1.807, 2.05) is 18.2 Å². The molecule has 2 aliphatic rings. The van der Waals surface area contributed by atoms with Gasteiger partial charge in [0.1, 0.15) is 5.00 Å². The lowest BCUT2D eigenvalue weighted by molar-refractivity contribution is -0.139. The number of carboxylic acids is 1. The summed E-state index contributed by atoms with van der Waals surface area (Å²) in [6.45, 7) is 2.01. The minimum atomic E-state index is -0.952. The number of carbonyl (C=O) groups excluding carboxylic acids is 2. The quantitative estimate of drug-likeness (QED) is 0.702. The molecule has 2 aliphatic carbocycles. The van der Waals surface area contributed by atoms with Gasteiger partial charge in [0.05, 0.1) is 24.0 Å². The van der Waals surface area contributed by atoms with Gasteiger partial charge in [0.2, 0.25) is 5.91 Å². The van der Waals surface area contributed by atoms with Crippen molar-refractivity contribution < 1.29 is 24.2 Å². The Hall–Kier alpha value is -2.67. The number of nitrogens with one attached hydrogen (secondary N) is 1. The lowest BCUT2D eigenvalue weighted by Gasteiger charge is -2.23. The van der Waals surface area contributed by atoms with Crippen LogP contribution in [0.1, 0.15) is 52.0 Å². The fourth-order valence-electron chi connectivity index (χ4n) is 4.07. The van der Waals surface area contributed by atoms with E-state index in [0.29, 0.717) is 22.9 Å². The second kappa shape index (κ2) is 7.99. The lowest BCUT2D eigenvalue weighted by atomic mass is 9.83. The molecule has 3 unspecified atom stereocenters. The highest BCUT2D eigenvalue weighted by molar-refractivity contribution is 7.17. The zero-order chi connectivity index (χ0) is 20.5. The molecule has 0 spiro atoms. The van der Waals surface area contributed by atoms with Crippen LogP contribution in [0.2, 0.25) is 0 Å².